The van der Waals surface area contributed by atoms with Crippen LogP contribution in [0.15, 0.2) is 48.5 Å². The van der Waals surface area contributed by atoms with E-state index < -0.39 is 29.2 Å². The van der Waals surface area contributed by atoms with Gasteiger partial charge in [0.25, 0.3) is 5.91 Å². The highest BCUT2D eigenvalue weighted by molar-refractivity contribution is 6.33. The van der Waals surface area contributed by atoms with Crippen molar-refractivity contribution in [2.24, 2.45) is 0 Å². The topological polar surface area (TPSA) is 55.4 Å². The fourth-order valence-corrected chi connectivity index (χ4v) is 3.72. The molecule has 1 amide bonds. The third-order valence-electron chi connectivity index (χ3n) is 5.02. The van der Waals surface area contributed by atoms with Crippen molar-refractivity contribution in [1.82, 2.24) is 0 Å². The van der Waals surface area contributed by atoms with Crippen LogP contribution in [-0.2, 0) is 19.7 Å². The third-order valence-corrected chi connectivity index (χ3v) is 5.35. The van der Waals surface area contributed by atoms with Crippen LogP contribution in [0, 0.1) is 5.82 Å². The molecule has 1 aliphatic rings. The van der Waals surface area contributed by atoms with Crippen LogP contribution >= 0.6 is 11.6 Å². The second kappa shape index (κ2) is 8.09. The van der Waals surface area contributed by atoms with Crippen LogP contribution in [-0.4, -0.2) is 18.0 Å². The second-order valence-electron chi connectivity index (χ2n) is 6.79. The summed E-state index contributed by atoms with van der Waals surface area (Å²) >= 11 is 6.04. The van der Waals surface area contributed by atoms with Gasteiger partial charge in [-0.3, -0.25) is 9.59 Å². The van der Waals surface area contributed by atoms with Crippen molar-refractivity contribution in [2.75, 3.05) is 5.32 Å². The Hall–Kier alpha value is -2.40. The summed E-state index contributed by atoms with van der Waals surface area (Å²) in [6.07, 6.45) is 1.60. The van der Waals surface area contributed by atoms with Crippen molar-refractivity contribution >= 4 is 29.2 Å². The Labute approximate surface area is 162 Å². The molecule has 0 radical (unpaired) electrons. The predicted octanol–water partition coefficient (Wildman–Crippen LogP) is 4.86. The number of esters is 1. The number of benzene rings is 2. The Morgan fingerprint density at radius 3 is 2.41 bits per heavy atom. The van der Waals surface area contributed by atoms with Crippen LogP contribution in [0.5, 0.6) is 0 Å². The Bertz CT molecular complexity index is 849. The highest BCUT2D eigenvalue weighted by Gasteiger charge is 2.46. The molecule has 0 unspecified atom stereocenters. The molecule has 1 saturated carbocycles. The average Bonchev–Trinajstić information content (AvgIpc) is 3.15. The minimum Gasteiger partial charge on any atom is -0.452 e. The van der Waals surface area contributed by atoms with Gasteiger partial charge >= 0.3 is 5.97 Å². The maximum absolute atomic E-state index is 14.4. The quantitative estimate of drug-likeness (QED) is 0.743. The van der Waals surface area contributed by atoms with E-state index in [1.54, 1.807) is 42.5 Å². The predicted molar refractivity (Wildman–Crippen MR) is 102 cm³/mol. The van der Waals surface area contributed by atoms with Gasteiger partial charge in [0, 0.05) is 5.56 Å². The number of nitrogens with one attached hydrogen (secondary N) is 1. The van der Waals surface area contributed by atoms with Gasteiger partial charge in [-0.25, -0.2) is 4.39 Å². The zero-order valence-electron chi connectivity index (χ0n) is 15.0. The van der Waals surface area contributed by atoms with E-state index in [2.05, 4.69) is 5.32 Å². The molecule has 6 heteroatoms. The zero-order chi connectivity index (χ0) is 19.4. The molecule has 2 aromatic rings. The van der Waals surface area contributed by atoms with E-state index in [1.165, 1.54) is 13.0 Å². The minimum atomic E-state index is -1.04. The van der Waals surface area contributed by atoms with Crippen LogP contribution in [0.4, 0.5) is 10.1 Å². The molecular formula is C21H21ClFNO3. The SMILES string of the molecule is C[C@@H](OC(=O)C1(c2ccccc2F)CCCC1)C(=O)Nc1ccccc1Cl. The van der Waals surface area contributed by atoms with Crippen LogP contribution in [0.1, 0.15) is 38.2 Å². The van der Waals surface area contributed by atoms with Gasteiger partial charge in [0.1, 0.15) is 5.82 Å². The van der Waals surface area contributed by atoms with E-state index in [4.69, 9.17) is 16.3 Å². The van der Waals surface area contributed by atoms with Gasteiger partial charge in [-0.15, -0.1) is 0 Å². The van der Waals surface area contributed by atoms with Crippen molar-refractivity contribution < 1.29 is 18.7 Å². The first-order chi connectivity index (χ1) is 12.9. The Balaban J connectivity index is 1.75. The molecule has 0 bridgehead atoms. The molecule has 1 N–H and O–H groups in total. The van der Waals surface area contributed by atoms with Gasteiger partial charge in [0.2, 0.25) is 0 Å². The Kier molecular flexibility index (Phi) is 5.80. The van der Waals surface area contributed by atoms with Crippen LogP contribution < -0.4 is 5.32 Å². The molecule has 1 fully saturated rings. The Morgan fingerprint density at radius 1 is 1.11 bits per heavy atom. The average molecular weight is 390 g/mol. The molecule has 0 heterocycles. The summed E-state index contributed by atoms with van der Waals surface area (Å²) in [5, 5.41) is 3.04. The molecule has 4 nitrogen and oxygen atoms in total. The number of carbonyl (C=O) groups excluding carboxylic acids is 2. The van der Waals surface area contributed by atoms with Gasteiger partial charge in [-0.1, -0.05) is 54.8 Å². The summed E-state index contributed by atoms with van der Waals surface area (Å²) in [6.45, 7) is 1.49. The summed E-state index contributed by atoms with van der Waals surface area (Å²) in [6, 6.07) is 13.1. The number of halogens is 2. The molecule has 0 spiro atoms. The van der Waals surface area contributed by atoms with Gasteiger partial charge < -0.3 is 10.1 Å². The summed E-state index contributed by atoms with van der Waals surface area (Å²) in [5.41, 5.74) is -0.257. The largest absolute Gasteiger partial charge is 0.452 e. The van der Waals surface area contributed by atoms with E-state index in [9.17, 15) is 14.0 Å². The van der Waals surface area contributed by atoms with Crippen LogP contribution in [0.25, 0.3) is 0 Å². The van der Waals surface area contributed by atoms with Crippen molar-refractivity contribution in [3.63, 3.8) is 0 Å². The molecule has 2 aromatic carbocycles. The number of carbonyl (C=O) groups is 2. The van der Waals surface area contributed by atoms with E-state index in [-0.39, 0.29) is 0 Å². The maximum Gasteiger partial charge on any atom is 0.317 e. The zero-order valence-corrected chi connectivity index (χ0v) is 15.8. The van der Waals surface area contributed by atoms with Crippen molar-refractivity contribution in [3.05, 3.63) is 64.9 Å². The number of amides is 1. The number of para-hydroxylation sites is 1. The van der Waals surface area contributed by atoms with Gasteiger partial charge in [0.15, 0.2) is 6.10 Å². The standard InChI is InChI=1S/C21H21ClFNO3/c1-14(19(25)24-18-11-5-3-9-16(18)22)27-20(26)21(12-6-7-13-21)15-8-2-4-10-17(15)23/h2-5,8-11,14H,6-7,12-13H2,1H3,(H,24,25)/t14-/m1/s1. The van der Waals surface area contributed by atoms with Crippen molar-refractivity contribution in [2.45, 2.75) is 44.1 Å². The van der Waals surface area contributed by atoms with Crippen LogP contribution in [0.2, 0.25) is 5.02 Å². The normalized spacial score (nSPS) is 16.6. The molecule has 1 aliphatic carbocycles. The molecule has 3 rings (SSSR count). The highest BCUT2D eigenvalue weighted by Crippen LogP contribution is 2.43. The fourth-order valence-electron chi connectivity index (χ4n) is 3.54. The summed E-state index contributed by atoms with van der Waals surface area (Å²) in [7, 11) is 0. The first-order valence-corrected chi connectivity index (χ1v) is 9.33. The highest BCUT2D eigenvalue weighted by atomic mass is 35.5. The number of hydrogen-bond acceptors (Lipinski definition) is 3. The summed E-state index contributed by atoms with van der Waals surface area (Å²) < 4.78 is 19.8. The lowest BCUT2D eigenvalue weighted by atomic mass is 9.78. The summed E-state index contributed by atoms with van der Waals surface area (Å²) in [5.74, 6) is -1.48. The van der Waals surface area contributed by atoms with Crippen molar-refractivity contribution in [1.29, 1.82) is 0 Å². The van der Waals surface area contributed by atoms with Gasteiger partial charge in [-0.05, 0) is 38.0 Å². The van der Waals surface area contributed by atoms with E-state index >= 15 is 0 Å². The van der Waals surface area contributed by atoms with Gasteiger partial charge in [0.05, 0.1) is 16.1 Å². The number of anilines is 1. The molecule has 0 aromatic heterocycles. The second-order valence-corrected chi connectivity index (χ2v) is 7.19. The maximum atomic E-state index is 14.4. The number of hydrogen-bond donors (Lipinski definition) is 1. The van der Waals surface area contributed by atoms with Crippen molar-refractivity contribution in [3.8, 4) is 0 Å². The molecule has 1 atom stereocenters. The molecule has 142 valence electrons. The molecule has 0 saturated heterocycles. The summed E-state index contributed by atoms with van der Waals surface area (Å²) in [4.78, 5) is 25.4. The molecular weight excluding hydrogens is 369 g/mol. The third kappa shape index (κ3) is 3.98. The lowest BCUT2D eigenvalue weighted by Crippen LogP contribution is -2.40. The smallest absolute Gasteiger partial charge is 0.317 e. The number of rotatable bonds is 5. The van der Waals surface area contributed by atoms with E-state index in [0.29, 0.717) is 29.1 Å². The fraction of sp³-hybridized carbons (Fsp3) is 0.333. The Morgan fingerprint density at radius 2 is 1.74 bits per heavy atom. The lowest BCUT2D eigenvalue weighted by molar-refractivity contribution is -0.159. The first kappa shape index (κ1) is 19.4. The van der Waals surface area contributed by atoms with E-state index in [0.717, 1.165) is 12.8 Å². The lowest BCUT2D eigenvalue weighted by Gasteiger charge is -2.29. The molecule has 27 heavy (non-hydrogen) atoms. The monoisotopic (exact) mass is 389 g/mol. The molecule has 0 aliphatic heterocycles. The number of ether oxygens (including phenoxy) is 1. The van der Waals surface area contributed by atoms with E-state index in [1.807, 2.05) is 0 Å². The van der Waals surface area contributed by atoms with Crippen LogP contribution in [0.3, 0.4) is 0 Å². The minimum absolute atomic E-state index is 0.339. The first-order valence-electron chi connectivity index (χ1n) is 8.95. The van der Waals surface area contributed by atoms with Gasteiger partial charge in [-0.2, -0.15) is 0 Å².